The van der Waals surface area contributed by atoms with Crippen LogP contribution in [0.2, 0.25) is 0 Å². The normalized spacial score (nSPS) is 16.9. The lowest BCUT2D eigenvalue weighted by molar-refractivity contribution is 0.119. The smallest absolute Gasteiger partial charge is 0.193 e. The van der Waals surface area contributed by atoms with Crippen molar-refractivity contribution in [2.75, 3.05) is 27.7 Å². The molecule has 1 unspecified atom stereocenters. The van der Waals surface area contributed by atoms with Crippen LogP contribution in [0.25, 0.3) is 0 Å². The fourth-order valence-electron chi connectivity index (χ4n) is 3.16. The molecule has 1 saturated carbocycles. The van der Waals surface area contributed by atoms with Crippen molar-refractivity contribution in [3.63, 3.8) is 0 Å². The van der Waals surface area contributed by atoms with Gasteiger partial charge in [-0.3, -0.25) is 4.99 Å². The predicted molar refractivity (Wildman–Crippen MR) is 108 cm³/mol. The maximum Gasteiger partial charge on any atom is 0.193 e. The Balaban J connectivity index is 1.58. The molecule has 1 heterocycles. The van der Waals surface area contributed by atoms with Crippen molar-refractivity contribution in [2.24, 2.45) is 4.99 Å². The number of methoxy groups -OCH3 is 1. The first kappa shape index (κ1) is 19.8. The summed E-state index contributed by atoms with van der Waals surface area (Å²) in [6, 6.07) is 6.86. The first-order valence-corrected chi connectivity index (χ1v) is 10.0. The van der Waals surface area contributed by atoms with Gasteiger partial charge in [0.2, 0.25) is 0 Å². The van der Waals surface area contributed by atoms with Crippen molar-refractivity contribution in [3.05, 3.63) is 51.7 Å². The molecule has 0 spiro atoms. The van der Waals surface area contributed by atoms with Crippen molar-refractivity contribution in [1.29, 1.82) is 0 Å². The zero-order chi connectivity index (χ0) is 19.4. The molecule has 1 aliphatic carbocycles. The third-order valence-electron chi connectivity index (χ3n) is 5.14. The number of rotatable bonds is 7. The Morgan fingerprint density at radius 3 is 2.70 bits per heavy atom. The second-order valence-corrected chi connectivity index (χ2v) is 7.99. The van der Waals surface area contributed by atoms with Gasteiger partial charge in [0.05, 0.1) is 12.2 Å². The van der Waals surface area contributed by atoms with E-state index in [2.05, 4.69) is 25.6 Å². The lowest BCUT2D eigenvalue weighted by Gasteiger charge is -2.24. The summed E-state index contributed by atoms with van der Waals surface area (Å²) in [5, 5.41) is 6.53. The van der Waals surface area contributed by atoms with Gasteiger partial charge in [-0.05, 0) is 37.5 Å². The van der Waals surface area contributed by atoms with Crippen molar-refractivity contribution in [2.45, 2.75) is 37.8 Å². The summed E-state index contributed by atoms with van der Waals surface area (Å²) < 4.78 is 18.5. The molecule has 1 N–H and O–H groups in total. The minimum atomic E-state index is -0.191. The van der Waals surface area contributed by atoms with E-state index in [1.54, 1.807) is 25.5 Å². The molecule has 1 atom stereocenters. The van der Waals surface area contributed by atoms with Gasteiger partial charge >= 0.3 is 0 Å². The van der Waals surface area contributed by atoms with Crippen molar-refractivity contribution < 1.29 is 9.13 Å². The molecule has 0 bridgehead atoms. The zero-order valence-corrected chi connectivity index (χ0v) is 17.1. The molecule has 3 rings (SSSR count). The predicted octanol–water partition coefficient (Wildman–Crippen LogP) is 3.73. The highest BCUT2D eigenvalue weighted by Crippen LogP contribution is 2.47. The van der Waals surface area contributed by atoms with E-state index >= 15 is 0 Å². The van der Waals surface area contributed by atoms with E-state index in [1.165, 1.54) is 17.7 Å². The number of ether oxygens (including phenoxy) is 1. The quantitative estimate of drug-likeness (QED) is 0.578. The SMILES string of the molecule is CN=C(NCC1(c2ccc(F)cc2)CC1)N(C)Cc1csc(C(C)OC)n1. The molecule has 2 aromatic rings. The summed E-state index contributed by atoms with van der Waals surface area (Å²) in [4.78, 5) is 11.1. The van der Waals surface area contributed by atoms with Crippen LogP contribution in [0.5, 0.6) is 0 Å². The number of benzene rings is 1. The maximum absolute atomic E-state index is 13.2. The lowest BCUT2D eigenvalue weighted by atomic mass is 9.96. The highest BCUT2D eigenvalue weighted by Gasteiger charge is 2.44. The number of halogens is 1. The summed E-state index contributed by atoms with van der Waals surface area (Å²) >= 11 is 1.62. The fraction of sp³-hybridized carbons (Fsp3) is 0.500. The molecule has 146 valence electrons. The summed E-state index contributed by atoms with van der Waals surface area (Å²) in [7, 11) is 5.49. The fourth-order valence-corrected chi connectivity index (χ4v) is 4.00. The first-order chi connectivity index (χ1) is 13.0. The standard InChI is InChI=1S/C20H27FN4OS/c1-14(26-4)18-24-17(12-27-18)11-25(3)19(22-2)23-13-20(9-10-20)15-5-7-16(21)8-6-15/h5-8,12,14H,9-11,13H2,1-4H3,(H,22,23). The molecule has 1 aromatic carbocycles. The topological polar surface area (TPSA) is 49.8 Å². The number of nitrogens with one attached hydrogen (secondary N) is 1. The Morgan fingerprint density at radius 1 is 1.41 bits per heavy atom. The average Bonchev–Trinajstić information content (AvgIpc) is 3.32. The van der Waals surface area contributed by atoms with E-state index in [1.807, 2.05) is 26.1 Å². The largest absolute Gasteiger partial charge is 0.375 e. The van der Waals surface area contributed by atoms with Crippen molar-refractivity contribution in [3.8, 4) is 0 Å². The minimum absolute atomic E-state index is 0.0110. The van der Waals surface area contributed by atoms with Crippen LogP contribution in [0.4, 0.5) is 4.39 Å². The van der Waals surface area contributed by atoms with E-state index in [0.29, 0.717) is 6.54 Å². The molecule has 27 heavy (non-hydrogen) atoms. The average molecular weight is 391 g/mol. The number of aliphatic imine (C=N–C) groups is 1. The summed E-state index contributed by atoms with van der Waals surface area (Å²) in [5.41, 5.74) is 2.28. The minimum Gasteiger partial charge on any atom is -0.375 e. The molecule has 1 aliphatic rings. The van der Waals surface area contributed by atoms with E-state index in [9.17, 15) is 4.39 Å². The first-order valence-electron chi connectivity index (χ1n) is 9.12. The second-order valence-electron chi connectivity index (χ2n) is 7.10. The lowest BCUT2D eigenvalue weighted by Crippen LogP contribution is -2.42. The second kappa shape index (κ2) is 8.35. The van der Waals surface area contributed by atoms with Gasteiger partial charge in [-0.25, -0.2) is 9.37 Å². The zero-order valence-electron chi connectivity index (χ0n) is 16.3. The number of aromatic nitrogens is 1. The third kappa shape index (κ3) is 4.65. The molecule has 0 radical (unpaired) electrons. The molecule has 7 heteroatoms. The van der Waals surface area contributed by atoms with Crippen molar-refractivity contribution >= 4 is 17.3 Å². The van der Waals surface area contributed by atoms with Gasteiger partial charge in [0.25, 0.3) is 0 Å². The molecule has 5 nitrogen and oxygen atoms in total. The van der Waals surface area contributed by atoms with Gasteiger partial charge in [-0.2, -0.15) is 0 Å². The number of hydrogen-bond donors (Lipinski definition) is 1. The van der Waals surface area contributed by atoms with Crippen LogP contribution in [0.15, 0.2) is 34.6 Å². The Kier molecular flexibility index (Phi) is 6.11. The molecule has 0 amide bonds. The van der Waals surface area contributed by atoms with Crippen LogP contribution >= 0.6 is 11.3 Å². The summed E-state index contributed by atoms with van der Waals surface area (Å²) in [6.07, 6.45) is 2.23. The van der Waals surface area contributed by atoms with Gasteiger partial charge < -0.3 is 15.0 Å². The van der Waals surface area contributed by atoms with Crippen LogP contribution in [-0.2, 0) is 16.7 Å². The summed E-state index contributed by atoms with van der Waals surface area (Å²) in [6.45, 7) is 3.46. The number of nitrogens with zero attached hydrogens (tertiary/aromatic N) is 3. The molecular formula is C20H27FN4OS. The Labute approximate surface area is 164 Å². The van der Waals surface area contributed by atoms with E-state index in [0.717, 1.165) is 36.0 Å². The van der Waals surface area contributed by atoms with Crippen LogP contribution in [-0.4, -0.2) is 43.6 Å². The highest BCUT2D eigenvalue weighted by atomic mass is 32.1. The van der Waals surface area contributed by atoms with E-state index in [-0.39, 0.29) is 17.3 Å². The van der Waals surface area contributed by atoms with Crippen LogP contribution in [0.1, 0.15) is 42.1 Å². The number of thiazole rings is 1. The maximum atomic E-state index is 13.2. The van der Waals surface area contributed by atoms with Gasteiger partial charge in [-0.1, -0.05) is 12.1 Å². The molecule has 1 fully saturated rings. The van der Waals surface area contributed by atoms with Gasteiger partial charge in [0.1, 0.15) is 16.9 Å². The van der Waals surface area contributed by atoms with E-state index < -0.39 is 0 Å². The Hall–Kier alpha value is -1.99. The summed E-state index contributed by atoms with van der Waals surface area (Å²) in [5.74, 6) is 0.640. The monoisotopic (exact) mass is 390 g/mol. The van der Waals surface area contributed by atoms with Gasteiger partial charge in [0, 0.05) is 38.5 Å². The number of hydrogen-bond acceptors (Lipinski definition) is 4. The molecule has 0 aliphatic heterocycles. The molecule has 1 aromatic heterocycles. The third-order valence-corrected chi connectivity index (χ3v) is 6.19. The van der Waals surface area contributed by atoms with Crippen LogP contribution in [0.3, 0.4) is 0 Å². The molecular weight excluding hydrogens is 363 g/mol. The van der Waals surface area contributed by atoms with Crippen LogP contribution < -0.4 is 5.32 Å². The van der Waals surface area contributed by atoms with Crippen LogP contribution in [0, 0.1) is 5.82 Å². The molecule has 0 saturated heterocycles. The van der Waals surface area contributed by atoms with Gasteiger partial charge in [0.15, 0.2) is 5.96 Å². The Bertz CT molecular complexity index is 786. The highest BCUT2D eigenvalue weighted by molar-refractivity contribution is 7.09. The van der Waals surface area contributed by atoms with Crippen molar-refractivity contribution in [1.82, 2.24) is 15.2 Å². The van der Waals surface area contributed by atoms with Gasteiger partial charge in [-0.15, -0.1) is 11.3 Å². The Morgan fingerprint density at radius 2 is 2.11 bits per heavy atom. The number of guanidine groups is 1. The van der Waals surface area contributed by atoms with E-state index in [4.69, 9.17) is 4.74 Å².